The smallest absolute Gasteiger partial charge is 0.230 e. The molecule has 1 N–H and O–H groups in total. The first-order valence-electron chi connectivity index (χ1n) is 10.4. The van der Waals surface area contributed by atoms with Crippen molar-refractivity contribution in [3.05, 3.63) is 42.2 Å². The highest BCUT2D eigenvalue weighted by Gasteiger charge is 2.22. The summed E-state index contributed by atoms with van der Waals surface area (Å²) in [7, 11) is 4.55. The minimum absolute atomic E-state index is 0.120. The number of aromatic nitrogens is 3. The van der Waals surface area contributed by atoms with Crippen LogP contribution in [-0.4, -0.2) is 54.3 Å². The van der Waals surface area contributed by atoms with Gasteiger partial charge in [0.05, 0.1) is 32.8 Å². The molecule has 1 aromatic heterocycles. The van der Waals surface area contributed by atoms with Crippen molar-refractivity contribution in [3.63, 3.8) is 0 Å². The van der Waals surface area contributed by atoms with E-state index in [1.807, 2.05) is 0 Å². The first-order chi connectivity index (χ1) is 16.0. The SMILES string of the molecule is CCCCNC(=O)CSc1nnc(-c2cc(OC)c(OC)c(OC)c2)n1-c1ccccc1F. The second-order valence-electron chi connectivity index (χ2n) is 7.00. The third kappa shape index (κ3) is 5.57. The van der Waals surface area contributed by atoms with Crippen LogP contribution < -0.4 is 19.5 Å². The van der Waals surface area contributed by atoms with Crippen molar-refractivity contribution in [2.24, 2.45) is 0 Å². The molecule has 8 nitrogen and oxygen atoms in total. The van der Waals surface area contributed by atoms with Gasteiger partial charge in [-0.15, -0.1) is 10.2 Å². The van der Waals surface area contributed by atoms with Crippen molar-refractivity contribution in [2.45, 2.75) is 24.9 Å². The van der Waals surface area contributed by atoms with Gasteiger partial charge in [-0.05, 0) is 30.7 Å². The lowest BCUT2D eigenvalue weighted by atomic mass is 10.1. The molecule has 176 valence electrons. The summed E-state index contributed by atoms with van der Waals surface area (Å²) >= 11 is 1.18. The minimum atomic E-state index is -0.444. The summed E-state index contributed by atoms with van der Waals surface area (Å²) in [6.45, 7) is 2.68. The number of unbranched alkanes of at least 4 members (excludes halogenated alkanes) is 1. The monoisotopic (exact) mass is 474 g/mol. The number of hydrogen-bond acceptors (Lipinski definition) is 7. The number of nitrogens with zero attached hydrogens (tertiary/aromatic N) is 3. The number of carbonyl (C=O) groups excluding carboxylic acids is 1. The lowest BCUT2D eigenvalue weighted by Crippen LogP contribution is -2.26. The molecule has 0 saturated heterocycles. The molecule has 0 atom stereocenters. The summed E-state index contributed by atoms with van der Waals surface area (Å²) in [5, 5.41) is 11.8. The molecule has 0 bridgehead atoms. The van der Waals surface area contributed by atoms with E-state index in [4.69, 9.17) is 14.2 Å². The highest BCUT2D eigenvalue weighted by Crippen LogP contribution is 2.41. The van der Waals surface area contributed by atoms with Crippen molar-refractivity contribution in [1.29, 1.82) is 0 Å². The molecule has 0 fully saturated rings. The lowest BCUT2D eigenvalue weighted by molar-refractivity contribution is -0.118. The molecular weight excluding hydrogens is 447 g/mol. The van der Waals surface area contributed by atoms with Gasteiger partial charge in [0.2, 0.25) is 11.7 Å². The summed E-state index contributed by atoms with van der Waals surface area (Å²) in [4.78, 5) is 12.2. The Labute approximate surface area is 196 Å². The Bertz CT molecular complexity index is 1080. The van der Waals surface area contributed by atoms with E-state index in [2.05, 4.69) is 22.4 Å². The average molecular weight is 475 g/mol. The van der Waals surface area contributed by atoms with Gasteiger partial charge in [-0.25, -0.2) is 4.39 Å². The van der Waals surface area contributed by atoms with Crippen LogP contribution in [-0.2, 0) is 4.79 Å². The van der Waals surface area contributed by atoms with E-state index in [1.165, 1.54) is 39.2 Å². The van der Waals surface area contributed by atoms with Gasteiger partial charge in [0.25, 0.3) is 0 Å². The zero-order valence-corrected chi connectivity index (χ0v) is 19.9. The van der Waals surface area contributed by atoms with Crippen LogP contribution in [0.5, 0.6) is 17.2 Å². The van der Waals surface area contributed by atoms with Crippen LogP contribution in [0.3, 0.4) is 0 Å². The van der Waals surface area contributed by atoms with E-state index in [9.17, 15) is 9.18 Å². The Morgan fingerprint density at radius 3 is 2.39 bits per heavy atom. The third-order valence-electron chi connectivity index (χ3n) is 4.83. The van der Waals surface area contributed by atoms with E-state index < -0.39 is 5.82 Å². The summed E-state index contributed by atoms with van der Waals surface area (Å²) < 4.78 is 32.7. The molecule has 0 radical (unpaired) electrons. The Hall–Kier alpha value is -3.27. The van der Waals surface area contributed by atoms with Crippen molar-refractivity contribution in [2.75, 3.05) is 33.6 Å². The molecule has 1 amide bonds. The molecule has 0 aliphatic rings. The number of benzene rings is 2. The van der Waals surface area contributed by atoms with Gasteiger partial charge in [-0.3, -0.25) is 9.36 Å². The van der Waals surface area contributed by atoms with Crippen LogP contribution in [0.4, 0.5) is 4.39 Å². The lowest BCUT2D eigenvalue weighted by Gasteiger charge is -2.15. The Balaban J connectivity index is 2.05. The molecule has 0 spiro atoms. The number of rotatable bonds is 11. The third-order valence-corrected chi connectivity index (χ3v) is 5.76. The first-order valence-corrected chi connectivity index (χ1v) is 11.4. The molecule has 3 aromatic rings. The minimum Gasteiger partial charge on any atom is -0.493 e. The standard InChI is InChI=1S/C23H27FN4O4S/c1-5-6-11-25-20(29)14-33-23-27-26-22(28(23)17-10-8-7-9-16(17)24)15-12-18(30-2)21(32-4)19(13-15)31-3/h7-10,12-13H,5-6,11,14H2,1-4H3,(H,25,29). The molecule has 33 heavy (non-hydrogen) atoms. The van der Waals surface area contributed by atoms with Crippen LogP contribution in [0.25, 0.3) is 17.1 Å². The largest absolute Gasteiger partial charge is 0.493 e. The van der Waals surface area contributed by atoms with E-state index in [1.54, 1.807) is 34.9 Å². The summed E-state index contributed by atoms with van der Waals surface area (Å²) in [6, 6.07) is 9.76. The first kappa shape index (κ1) is 24.4. The molecule has 0 saturated carbocycles. The zero-order chi connectivity index (χ0) is 23.8. The van der Waals surface area contributed by atoms with Gasteiger partial charge < -0.3 is 19.5 Å². The highest BCUT2D eigenvalue weighted by atomic mass is 32.2. The quantitative estimate of drug-likeness (QED) is 0.331. The van der Waals surface area contributed by atoms with Gasteiger partial charge in [-0.1, -0.05) is 37.2 Å². The van der Waals surface area contributed by atoms with Crippen LogP contribution in [0.2, 0.25) is 0 Å². The molecule has 0 unspecified atom stereocenters. The summed E-state index contributed by atoms with van der Waals surface area (Å²) in [6.07, 6.45) is 1.90. The summed E-state index contributed by atoms with van der Waals surface area (Å²) in [5.74, 6) is 1.23. The molecule has 0 aliphatic carbocycles. The van der Waals surface area contributed by atoms with E-state index >= 15 is 0 Å². The second kappa shape index (κ2) is 11.6. The predicted molar refractivity (Wildman–Crippen MR) is 125 cm³/mol. The van der Waals surface area contributed by atoms with Crippen LogP contribution in [0.1, 0.15) is 19.8 Å². The van der Waals surface area contributed by atoms with Gasteiger partial charge >= 0.3 is 0 Å². The molecule has 0 aliphatic heterocycles. The molecule has 10 heteroatoms. The number of ether oxygens (including phenoxy) is 3. The molecule has 2 aromatic carbocycles. The fraction of sp³-hybridized carbons (Fsp3) is 0.348. The van der Waals surface area contributed by atoms with Gasteiger partial charge in [0.1, 0.15) is 5.82 Å². The highest BCUT2D eigenvalue weighted by molar-refractivity contribution is 7.99. The number of carbonyl (C=O) groups is 1. The molecular formula is C23H27FN4O4S. The second-order valence-corrected chi connectivity index (χ2v) is 7.94. The van der Waals surface area contributed by atoms with Gasteiger partial charge in [0, 0.05) is 12.1 Å². The van der Waals surface area contributed by atoms with Crippen molar-refractivity contribution in [1.82, 2.24) is 20.1 Å². The average Bonchev–Trinajstić information content (AvgIpc) is 3.25. The Kier molecular flexibility index (Phi) is 8.53. The normalized spacial score (nSPS) is 10.7. The van der Waals surface area contributed by atoms with Crippen molar-refractivity contribution < 1.29 is 23.4 Å². The number of nitrogens with one attached hydrogen (secondary N) is 1. The number of hydrogen-bond donors (Lipinski definition) is 1. The van der Waals surface area contributed by atoms with Crippen LogP contribution >= 0.6 is 11.8 Å². The van der Waals surface area contributed by atoms with Crippen LogP contribution in [0, 0.1) is 5.82 Å². The fourth-order valence-corrected chi connectivity index (χ4v) is 3.97. The number of para-hydroxylation sites is 1. The number of amides is 1. The molecule has 3 rings (SSSR count). The number of halogens is 1. The van der Waals surface area contributed by atoms with E-state index in [-0.39, 0.29) is 17.3 Å². The zero-order valence-electron chi connectivity index (χ0n) is 19.1. The van der Waals surface area contributed by atoms with Crippen molar-refractivity contribution in [3.8, 4) is 34.3 Å². The van der Waals surface area contributed by atoms with E-state index in [0.29, 0.717) is 40.3 Å². The summed E-state index contributed by atoms with van der Waals surface area (Å²) in [5.41, 5.74) is 0.847. The molecule has 1 heterocycles. The topological polar surface area (TPSA) is 87.5 Å². The number of thioether (sulfide) groups is 1. The van der Waals surface area contributed by atoms with Gasteiger partial charge in [-0.2, -0.15) is 0 Å². The number of methoxy groups -OCH3 is 3. The Morgan fingerprint density at radius 2 is 1.79 bits per heavy atom. The Morgan fingerprint density at radius 1 is 1.09 bits per heavy atom. The maximum absolute atomic E-state index is 14.8. The maximum atomic E-state index is 14.8. The van der Waals surface area contributed by atoms with Crippen molar-refractivity contribution >= 4 is 17.7 Å². The van der Waals surface area contributed by atoms with E-state index in [0.717, 1.165) is 12.8 Å². The predicted octanol–water partition coefficient (Wildman–Crippen LogP) is 4.11. The fourth-order valence-electron chi connectivity index (χ4n) is 3.20. The van der Waals surface area contributed by atoms with Crippen LogP contribution in [0.15, 0.2) is 41.6 Å². The maximum Gasteiger partial charge on any atom is 0.230 e. The van der Waals surface area contributed by atoms with Gasteiger partial charge in [0.15, 0.2) is 22.5 Å².